The van der Waals surface area contributed by atoms with E-state index in [4.69, 9.17) is 14.8 Å². The van der Waals surface area contributed by atoms with E-state index in [1.165, 1.54) is 51.4 Å². The van der Waals surface area contributed by atoms with Crippen molar-refractivity contribution in [2.75, 3.05) is 19.8 Å². The maximum absolute atomic E-state index is 12.7. The summed E-state index contributed by atoms with van der Waals surface area (Å²) in [5, 5.41) is 13.6. The zero-order chi connectivity index (χ0) is 38.2. The second kappa shape index (κ2) is 38.7. The van der Waals surface area contributed by atoms with Gasteiger partial charge >= 0.3 is 7.82 Å². The minimum Gasteiger partial charge on any atom is -0.387 e. The Bertz CT molecular complexity index is 1040. The number of hydrogen-bond acceptors (Lipinski definition) is 6. The third-order valence-corrected chi connectivity index (χ3v) is 9.52. The van der Waals surface area contributed by atoms with Crippen molar-refractivity contribution in [3.05, 3.63) is 72.9 Å². The first-order valence-corrected chi connectivity index (χ1v) is 22.1. The van der Waals surface area contributed by atoms with Crippen LogP contribution in [-0.4, -0.2) is 47.8 Å². The summed E-state index contributed by atoms with van der Waals surface area (Å²) < 4.78 is 22.1. The zero-order valence-corrected chi connectivity index (χ0v) is 33.9. The second-order valence-electron chi connectivity index (χ2n) is 13.5. The average Bonchev–Trinajstić information content (AvgIpc) is 3.13. The van der Waals surface area contributed by atoms with Crippen LogP contribution < -0.4 is 11.1 Å². The average molecular weight is 749 g/mol. The second-order valence-corrected chi connectivity index (χ2v) is 14.9. The van der Waals surface area contributed by atoms with Gasteiger partial charge in [0.05, 0.1) is 25.4 Å². The minimum atomic E-state index is -4.34. The van der Waals surface area contributed by atoms with Crippen LogP contribution in [0.2, 0.25) is 0 Å². The number of nitrogens with two attached hydrogens (primary N) is 1. The van der Waals surface area contributed by atoms with Gasteiger partial charge in [0, 0.05) is 13.0 Å². The number of carbonyl (C=O) groups excluding carboxylic acids is 1. The fourth-order valence-corrected chi connectivity index (χ4v) is 6.21. The molecular weight excluding hydrogens is 671 g/mol. The fraction of sp³-hybridized carbons (Fsp3) is 0.698. The Labute approximate surface area is 318 Å². The molecule has 0 radical (unpaired) electrons. The number of phosphoric ester groups is 1. The summed E-state index contributed by atoms with van der Waals surface area (Å²) in [4.78, 5) is 22.6. The normalized spacial score (nSPS) is 14.9. The summed E-state index contributed by atoms with van der Waals surface area (Å²) in [6.07, 6.45) is 49.4. The van der Waals surface area contributed by atoms with Crippen molar-refractivity contribution in [3.63, 3.8) is 0 Å². The van der Waals surface area contributed by atoms with Gasteiger partial charge in [-0.2, -0.15) is 0 Å². The van der Waals surface area contributed by atoms with Gasteiger partial charge in [0.25, 0.3) is 0 Å². The molecule has 0 rings (SSSR count). The van der Waals surface area contributed by atoms with Gasteiger partial charge in [0.1, 0.15) is 0 Å². The minimum absolute atomic E-state index is 0.0712. The molecule has 5 N–H and O–H groups in total. The summed E-state index contributed by atoms with van der Waals surface area (Å²) in [7, 11) is -4.34. The molecule has 0 aromatic heterocycles. The van der Waals surface area contributed by atoms with Crippen molar-refractivity contribution >= 4 is 13.7 Å². The summed E-state index contributed by atoms with van der Waals surface area (Å²) in [5.41, 5.74) is 5.36. The monoisotopic (exact) mass is 749 g/mol. The summed E-state index contributed by atoms with van der Waals surface area (Å²) in [6.45, 7) is 3.97. The van der Waals surface area contributed by atoms with Crippen molar-refractivity contribution < 1.29 is 28.4 Å². The summed E-state index contributed by atoms with van der Waals surface area (Å²) in [5.74, 6) is -0.217. The summed E-state index contributed by atoms with van der Waals surface area (Å²) >= 11 is 0. The zero-order valence-electron chi connectivity index (χ0n) is 33.0. The van der Waals surface area contributed by atoms with Crippen LogP contribution >= 0.6 is 7.82 Å². The molecule has 0 aromatic rings. The number of hydrogen-bond donors (Lipinski definition) is 4. The molecule has 9 heteroatoms. The lowest BCUT2D eigenvalue weighted by Crippen LogP contribution is -2.45. The molecule has 0 saturated heterocycles. The van der Waals surface area contributed by atoms with Gasteiger partial charge in [0.15, 0.2) is 0 Å². The number of phosphoric acid groups is 1. The van der Waals surface area contributed by atoms with Gasteiger partial charge in [-0.05, 0) is 64.2 Å². The number of nitrogens with one attached hydrogen (secondary N) is 1. The molecule has 0 saturated carbocycles. The van der Waals surface area contributed by atoms with Crippen LogP contribution in [0.3, 0.4) is 0 Å². The van der Waals surface area contributed by atoms with Gasteiger partial charge in [-0.1, -0.05) is 164 Å². The Morgan fingerprint density at radius 2 is 1.12 bits per heavy atom. The highest BCUT2D eigenvalue weighted by atomic mass is 31.2. The van der Waals surface area contributed by atoms with Crippen LogP contribution in [0.15, 0.2) is 72.9 Å². The van der Waals surface area contributed by atoms with E-state index in [0.717, 1.165) is 89.9 Å². The van der Waals surface area contributed by atoms with Crippen LogP contribution in [-0.2, 0) is 18.4 Å². The highest BCUT2D eigenvalue weighted by molar-refractivity contribution is 7.47. The number of aliphatic hydroxyl groups is 1. The molecule has 0 aliphatic carbocycles. The summed E-state index contributed by atoms with van der Waals surface area (Å²) in [6, 6.07) is -0.873. The molecule has 52 heavy (non-hydrogen) atoms. The molecule has 0 aliphatic rings. The molecular formula is C43H77N2O6P. The molecule has 0 aromatic carbocycles. The van der Waals surface area contributed by atoms with Crippen LogP contribution in [0.25, 0.3) is 0 Å². The molecule has 0 fully saturated rings. The molecule has 1 amide bonds. The molecule has 0 aliphatic heterocycles. The maximum Gasteiger partial charge on any atom is 0.472 e. The van der Waals surface area contributed by atoms with E-state index in [2.05, 4.69) is 79.9 Å². The Morgan fingerprint density at radius 3 is 1.63 bits per heavy atom. The van der Waals surface area contributed by atoms with Gasteiger partial charge in [0.2, 0.25) is 5.91 Å². The molecule has 300 valence electrons. The topological polar surface area (TPSA) is 131 Å². The maximum atomic E-state index is 12.7. The molecule has 0 spiro atoms. The molecule has 0 heterocycles. The highest BCUT2D eigenvalue weighted by Gasteiger charge is 2.26. The lowest BCUT2D eigenvalue weighted by molar-refractivity contribution is -0.123. The third-order valence-electron chi connectivity index (χ3n) is 8.54. The Kier molecular flexibility index (Phi) is 37.1. The number of unbranched alkanes of at least 4 members (excludes halogenated alkanes) is 15. The first-order chi connectivity index (χ1) is 25.4. The van der Waals surface area contributed by atoms with Crippen molar-refractivity contribution in [3.8, 4) is 0 Å². The smallest absolute Gasteiger partial charge is 0.387 e. The van der Waals surface area contributed by atoms with E-state index in [-0.39, 0.29) is 25.7 Å². The molecule has 0 bridgehead atoms. The van der Waals surface area contributed by atoms with Crippen LogP contribution in [0.5, 0.6) is 0 Å². The number of amides is 1. The van der Waals surface area contributed by atoms with E-state index in [0.29, 0.717) is 6.42 Å². The highest BCUT2D eigenvalue weighted by Crippen LogP contribution is 2.43. The van der Waals surface area contributed by atoms with Crippen LogP contribution in [0, 0.1) is 0 Å². The van der Waals surface area contributed by atoms with Crippen molar-refractivity contribution in [2.45, 2.75) is 174 Å². The van der Waals surface area contributed by atoms with Gasteiger partial charge < -0.3 is 21.1 Å². The quantitative estimate of drug-likeness (QED) is 0.0282. The number of aliphatic hydroxyl groups excluding tert-OH is 1. The molecule has 8 nitrogen and oxygen atoms in total. The standard InChI is InChI=1S/C43H77N2O6P/c1-3-5-7-9-11-13-15-17-18-19-20-21-22-23-24-25-27-29-31-33-35-37-43(47)45-41(40-51-52(48,49)50-39-38-44)42(46)36-34-32-30-28-26-16-14-12-10-8-6-4-2/h5,7,11,13,17-18,20-21,23-24,34,36,41-42,46H,3-4,6,8-10,12,14-16,19,22,25-33,35,37-40,44H2,1-2H3,(H,45,47)(H,48,49)/b7-5-,13-11-,18-17-,21-20-,24-23-,36-34+. The van der Waals surface area contributed by atoms with E-state index in [1.54, 1.807) is 6.08 Å². The van der Waals surface area contributed by atoms with Crippen LogP contribution in [0.4, 0.5) is 0 Å². The fourth-order valence-electron chi connectivity index (χ4n) is 5.45. The number of allylic oxidation sites excluding steroid dienone is 11. The largest absolute Gasteiger partial charge is 0.472 e. The predicted molar refractivity (Wildman–Crippen MR) is 221 cm³/mol. The van der Waals surface area contributed by atoms with E-state index in [9.17, 15) is 19.4 Å². The van der Waals surface area contributed by atoms with E-state index >= 15 is 0 Å². The van der Waals surface area contributed by atoms with Crippen molar-refractivity contribution in [1.29, 1.82) is 0 Å². The lowest BCUT2D eigenvalue weighted by Gasteiger charge is -2.23. The van der Waals surface area contributed by atoms with Gasteiger partial charge in [-0.3, -0.25) is 13.8 Å². The lowest BCUT2D eigenvalue weighted by atomic mass is 10.1. The van der Waals surface area contributed by atoms with Gasteiger partial charge in [-0.15, -0.1) is 0 Å². The van der Waals surface area contributed by atoms with Crippen molar-refractivity contribution in [1.82, 2.24) is 5.32 Å². The molecule has 3 atom stereocenters. The first kappa shape index (κ1) is 49.9. The molecule has 3 unspecified atom stereocenters. The van der Waals surface area contributed by atoms with Crippen molar-refractivity contribution in [2.24, 2.45) is 5.73 Å². The number of carbonyl (C=O) groups is 1. The SMILES string of the molecule is CC/C=C\C/C=C\C/C=C\C/C=C\C/C=C\CCCCCCCC(=O)NC(COP(=O)(O)OCCN)C(O)/C=C/CCCCCCCCCCCC. The predicted octanol–water partition coefficient (Wildman–Crippen LogP) is 11.3. The Morgan fingerprint density at radius 1 is 0.654 bits per heavy atom. The van der Waals surface area contributed by atoms with E-state index < -0.39 is 20.0 Å². The van der Waals surface area contributed by atoms with Crippen LogP contribution in [0.1, 0.15) is 162 Å². The first-order valence-electron chi connectivity index (χ1n) is 20.6. The Balaban J connectivity index is 4.28. The number of rotatable bonds is 37. The third kappa shape index (κ3) is 36.3. The van der Waals surface area contributed by atoms with E-state index in [1.807, 2.05) is 6.08 Å². The van der Waals surface area contributed by atoms with Gasteiger partial charge in [-0.25, -0.2) is 4.57 Å². The Hall–Kier alpha value is -2.06.